The van der Waals surface area contributed by atoms with E-state index in [9.17, 15) is 90.2 Å². The van der Waals surface area contributed by atoms with Crippen LogP contribution in [0.2, 0.25) is 42.6 Å². The molecule has 8 saturated carbocycles. The van der Waals surface area contributed by atoms with Crippen molar-refractivity contribution in [2.45, 2.75) is 253 Å². The number of carboxylic acid groups (broad SMARTS) is 3. The van der Waals surface area contributed by atoms with Gasteiger partial charge in [-0.2, -0.15) is 0 Å². The van der Waals surface area contributed by atoms with Crippen molar-refractivity contribution in [2.75, 3.05) is 12.4 Å². The summed E-state index contributed by atoms with van der Waals surface area (Å²) in [5.74, 6) is -10.9. The van der Waals surface area contributed by atoms with E-state index < -0.39 is 129 Å². The minimum Gasteiger partial charge on any atom is -0.481 e. The normalized spacial score (nSPS) is 27.3. The average molecular weight is 1730 g/mol. The van der Waals surface area contributed by atoms with E-state index in [0.29, 0.717) is 76.5 Å². The summed E-state index contributed by atoms with van der Waals surface area (Å²) in [6.45, 7) is 35.0. The van der Waals surface area contributed by atoms with Crippen LogP contribution in [-0.4, -0.2) is 238 Å². The number of hydrogen-bond donors (Lipinski definition) is 18. The summed E-state index contributed by atoms with van der Waals surface area (Å²) in [6, 6.07) is -2.68. The van der Waals surface area contributed by atoms with Crippen molar-refractivity contribution in [3.63, 3.8) is 0 Å². The van der Waals surface area contributed by atoms with Gasteiger partial charge in [0.1, 0.15) is 11.4 Å². The van der Waals surface area contributed by atoms with Gasteiger partial charge in [-0.15, -0.1) is 0 Å². The minimum atomic E-state index is -3.37. The molecule has 8 aliphatic carbocycles. The molecular formula is C76H128B5N14O25S. The number of allylic oxidation sites excluding steroid dienone is 1. The van der Waals surface area contributed by atoms with E-state index >= 15 is 0 Å². The number of Topliss-reactive ketones (excluding diaryl/α,β-unsaturated/α-hetero) is 1. The molecule has 19 atom stereocenters. The van der Waals surface area contributed by atoms with E-state index in [-0.39, 0.29) is 134 Å². The molecule has 45 heteroatoms. The second-order valence-corrected chi connectivity index (χ2v) is 33.0. The Bertz CT molecular complexity index is 3820. The molecule has 8 aliphatic rings. The van der Waals surface area contributed by atoms with Crippen LogP contribution in [0.1, 0.15) is 159 Å². The largest absolute Gasteiger partial charge is 0.481 e. The molecule has 121 heavy (non-hydrogen) atoms. The van der Waals surface area contributed by atoms with Gasteiger partial charge in [0.2, 0.25) is 81.9 Å². The third-order valence-electron chi connectivity index (χ3n) is 20.0. The quantitative estimate of drug-likeness (QED) is 0.0371. The van der Waals surface area contributed by atoms with Gasteiger partial charge in [0.15, 0.2) is 37.5 Å². The Morgan fingerprint density at radius 2 is 0.802 bits per heavy atom. The monoisotopic (exact) mass is 1730 g/mol. The van der Waals surface area contributed by atoms with E-state index in [1.807, 2.05) is 24.1 Å². The predicted octanol–water partition coefficient (Wildman–Crippen LogP) is 1.63. The van der Waals surface area contributed by atoms with Crippen LogP contribution in [0.3, 0.4) is 0 Å². The molecule has 0 spiro atoms. The second-order valence-electron chi connectivity index (χ2n) is 31.0. The van der Waals surface area contributed by atoms with Crippen molar-refractivity contribution >= 4 is 147 Å². The highest BCUT2D eigenvalue weighted by Crippen LogP contribution is 2.37. The fraction of sp³-hybridized carbons (Fsp3) is 0.671. The number of carboxylic acids is 3. The average Bonchev–Trinajstić information content (AvgIpc) is 1.69. The first-order chi connectivity index (χ1) is 58.8. The van der Waals surface area contributed by atoms with Crippen molar-refractivity contribution < 1.29 is 128 Å². The summed E-state index contributed by atoms with van der Waals surface area (Å²) >= 11 is 0. The molecule has 0 aromatic heterocycles. The van der Waals surface area contributed by atoms with Crippen molar-refractivity contribution in [2.24, 2.45) is 99.3 Å². The van der Waals surface area contributed by atoms with Gasteiger partial charge < -0.3 is 102 Å². The molecule has 39 nitrogen and oxygen atoms in total. The van der Waals surface area contributed by atoms with Crippen LogP contribution in [0, 0.1) is 59.2 Å². The highest BCUT2D eigenvalue weighted by molar-refractivity contribution is 7.89. The molecule has 8 fully saturated rings. The first-order valence-corrected chi connectivity index (χ1v) is 40.7. The number of esters is 1. The number of primary amides is 6. The van der Waals surface area contributed by atoms with Crippen LogP contribution >= 0.6 is 0 Å². The van der Waals surface area contributed by atoms with Crippen LogP contribution in [-0.2, 0) is 72.2 Å². The van der Waals surface area contributed by atoms with E-state index in [1.54, 1.807) is 79.0 Å². The van der Waals surface area contributed by atoms with Gasteiger partial charge in [-0.05, 0) is 130 Å². The van der Waals surface area contributed by atoms with Crippen LogP contribution < -0.4 is 76.7 Å². The number of carbonyl (C=O) groups excluding carboxylic acids is 14. The minimum absolute atomic E-state index is 0. The molecule has 3 unspecified atom stereocenters. The Kier molecular flexibility index (Phi) is 46.4. The topological polar surface area (TPSA) is 690 Å². The number of nitrogens with two attached hydrogens (primary N) is 7. The zero-order valence-corrected chi connectivity index (χ0v) is 71.1. The first kappa shape index (κ1) is 102. The molecule has 25 N–H and O–H groups in total. The van der Waals surface area contributed by atoms with Crippen molar-refractivity contribution in [3.05, 3.63) is 48.6 Å². The Balaban J connectivity index is 0. The predicted molar refractivity (Wildman–Crippen MR) is 456 cm³/mol. The first-order valence-electron chi connectivity index (χ1n) is 42.0. The highest BCUT2D eigenvalue weighted by atomic mass is 32.2. The number of aliphatic hydroxyl groups excluding tert-OH is 1. The Morgan fingerprint density at radius 1 is 0.463 bits per heavy atom. The molecule has 8 rings (SSSR count). The van der Waals surface area contributed by atoms with Gasteiger partial charge in [-0.25, -0.2) is 17.9 Å². The molecule has 0 aromatic carbocycles. The Hall–Kier alpha value is -9.90. The number of hydrogen-bond acceptors (Lipinski definition) is 23. The zero-order valence-electron chi connectivity index (χ0n) is 76.3. The van der Waals surface area contributed by atoms with Crippen LogP contribution in [0.15, 0.2) is 48.6 Å². The summed E-state index contributed by atoms with van der Waals surface area (Å²) in [5, 5.41) is 50.6. The number of aliphatic hydroxyl groups is 1. The molecule has 0 aliphatic heterocycles. The van der Waals surface area contributed by atoms with Crippen molar-refractivity contribution in [3.8, 4) is 0 Å². The van der Waals surface area contributed by atoms with Crippen LogP contribution in [0.25, 0.3) is 0 Å². The summed E-state index contributed by atoms with van der Waals surface area (Å²) in [4.78, 5) is 189. The Morgan fingerprint density at radius 3 is 1.21 bits per heavy atom. The van der Waals surface area contributed by atoms with Crippen LogP contribution in [0.5, 0.6) is 0 Å². The van der Waals surface area contributed by atoms with E-state index in [1.165, 1.54) is 43.3 Å². The number of alkyl carbamates (subject to hydrolysis) is 1. The van der Waals surface area contributed by atoms with Gasteiger partial charge >= 0.3 is 24.0 Å². The SMILES string of the molecule is C.C=C1C[C@H](C(=O)O)[C@H](C(=O)OCC)C1.C=C1C[C@H](NC(=O)OC(C)(C)C)[C@@H](C(=O)O)C1.CC(=O)O.[2H]NC(=O)[C@H]1CC(=C)C[C@@H]1N.[2H]NC(=O)[C@H]1CC(=C)C[C@@H]1NC(=O)[B]C.[2H]NC(=O)[C@H]1CC(=O)C[C@@H]1NC(=O)[B]C.[2H]NC(=O)[C@H]1CC(C)C[C@@H]1NC(=O)[B]C.[2H]NC(=O)[C@H]1CC(NS(=O)(=O)CC)C[C@@H]1NC(=O)[B]C.[2H]NC(=O)[C@H]1CC(O)C[C@@H]1NC(=O)[B]C. The standard InChI is InChI=1S/C12H19NO4.C10H19BN3O4S.C10H14O4.C9H16BN2O2.C9H14BN2O2.C8H14BN2O3.C8H12BN2O3.C7H12N2O.C2H4O2.CH4/c1-7-5-8(10(14)15)9(6-7)13-11(16)17-12(2,3)4;1-3-19(17,18)14-6-4-7(9(12)15)8(5-6)13-10(16)11-2;1-3-14-10(13)8-5-6(2)4-7(8)9(11)12;2*1-5-3-6(8(11)13)7(4-5)12-9(14)10-2;2*1-9-8(14)11-6-3-4(12)2-5(6)7(10)13;1-4-2-5(7(9)10)6(8)3-4;1-2(3)4;/h8-9H,1,5-6H2,2-4H3,(H,13,16)(H,14,15);6-8,14H,3-5H2,1-2H3,(H2,12,15)(H,13,16);7-8H,2-5H2,1H3,(H,11,12);5-7H,3-4H2,1-2H3,(H2,11,13)(H,12,14);6-7H,1,3-4H2,2H3,(H2,11,13)(H,12,14);4-6,12H,2-3H2,1H3,(H2,10,13)(H,11,14);5-6H,2-3H2,1H3,(H2,10,13)(H,11,14);5-6H,1-3,8H2,(H2,9,10);1H3,(H,3,4);1H4/t8-,9-;6?,7-,8-;7-,8+;5?,6-,7-;6-,7-;4?,5-,6-;2*5-,6-;;/m00000000../s1/i/hD6. The maximum Gasteiger partial charge on any atom is 0.407 e. The number of amides is 12. The lowest BCUT2D eigenvalue weighted by molar-refractivity contribution is -0.156. The number of nitrogens with one attached hydrogen (secondary N) is 7. The van der Waals surface area contributed by atoms with Crippen molar-refractivity contribution in [1.82, 2.24) is 36.6 Å². The van der Waals surface area contributed by atoms with E-state index in [0.717, 1.165) is 42.1 Å². The fourth-order valence-corrected chi connectivity index (χ4v) is 14.9. The van der Waals surface area contributed by atoms with Gasteiger partial charge in [0.25, 0.3) is 5.97 Å². The number of ether oxygens (including phenoxy) is 2. The van der Waals surface area contributed by atoms with Gasteiger partial charge in [-0.1, -0.05) is 97.1 Å². The molecule has 673 valence electrons. The molecule has 0 aromatic rings. The van der Waals surface area contributed by atoms with Gasteiger partial charge in [0, 0.05) is 68.1 Å². The highest BCUT2D eigenvalue weighted by Gasteiger charge is 2.44. The number of carbonyl (C=O) groups is 17. The second kappa shape index (κ2) is 55.2. The molecule has 5 radical (unpaired) electrons. The van der Waals surface area contributed by atoms with Crippen molar-refractivity contribution in [1.29, 1.82) is 0 Å². The smallest absolute Gasteiger partial charge is 0.407 e. The third kappa shape index (κ3) is 43.4. The summed E-state index contributed by atoms with van der Waals surface area (Å²) in [6.07, 6.45) is 6.10. The molecular weight excluding hydrogens is 1600 g/mol. The Labute approximate surface area is 721 Å². The number of rotatable bonds is 24. The third-order valence-corrected chi connectivity index (χ3v) is 21.4. The van der Waals surface area contributed by atoms with E-state index in [4.69, 9.17) is 43.8 Å². The molecule has 0 bridgehead atoms. The van der Waals surface area contributed by atoms with Gasteiger partial charge in [-0.3, -0.25) is 76.7 Å². The fourth-order valence-electron chi connectivity index (χ4n) is 14.1. The number of ketones is 1. The lowest BCUT2D eigenvalue weighted by atomic mass is 9.81. The van der Waals surface area contributed by atoms with E-state index in [2.05, 4.69) is 62.9 Å². The molecule has 0 saturated heterocycles. The molecule has 12 amide bonds. The summed E-state index contributed by atoms with van der Waals surface area (Å²) < 4.78 is 76.2. The molecule has 0 heterocycles. The number of sulfonamides is 1. The number of aliphatic carboxylic acids is 3. The zero-order chi connectivity index (χ0) is 97.0. The van der Waals surface area contributed by atoms with Gasteiger partial charge in [0.05, 0.1) is 71.7 Å². The lowest BCUT2D eigenvalue weighted by Crippen LogP contribution is -2.43. The van der Waals surface area contributed by atoms with Crippen LogP contribution in [0.4, 0.5) is 28.8 Å². The lowest BCUT2D eigenvalue weighted by Gasteiger charge is -2.23. The summed E-state index contributed by atoms with van der Waals surface area (Å²) in [5.41, 5.74) is 19.6. The maximum absolute atomic E-state index is 11.6. The summed E-state index contributed by atoms with van der Waals surface area (Å²) in [7, 11) is 3.52. The maximum atomic E-state index is 11.6.